The van der Waals surface area contributed by atoms with Crippen molar-refractivity contribution in [2.24, 2.45) is 5.92 Å². The third-order valence-corrected chi connectivity index (χ3v) is 5.06. The van der Waals surface area contributed by atoms with Crippen molar-refractivity contribution in [3.8, 4) is 0 Å². The Morgan fingerprint density at radius 2 is 1.84 bits per heavy atom. The molecule has 138 valence electrons. The minimum absolute atomic E-state index is 0.0728. The van der Waals surface area contributed by atoms with Crippen LogP contribution in [0.15, 0.2) is 28.7 Å². The van der Waals surface area contributed by atoms with Crippen molar-refractivity contribution in [3.05, 3.63) is 34.3 Å². The van der Waals surface area contributed by atoms with E-state index in [2.05, 4.69) is 33.5 Å². The highest BCUT2D eigenvalue weighted by atomic mass is 79.9. The van der Waals surface area contributed by atoms with E-state index in [4.69, 9.17) is 4.74 Å². The highest BCUT2D eigenvalue weighted by Gasteiger charge is 2.21. The first-order chi connectivity index (χ1) is 12.1. The van der Waals surface area contributed by atoms with Crippen LogP contribution >= 0.6 is 15.9 Å². The summed E-state index contributed by atoms with van der Waals surface area (Å²) in [7, 11) is 0. The SMILES string of the molecule is CC1CCCCC1OCCNC(=O)CCNC(=O)c1ccc(Br)cc1. The van der Waals surface area contributed by atoms with Gasteiger partial charge in [-0.05, 0) is 43.0 Å². The Kier molecular flexibility index (Phi) is 8.41. The van der Waals surface area contributed by atoms with Crippen molar-refractivity contribution >= 4 is 27.7 Å². The molecule has 2 unspecified atom stereocenters. The topological polar surface area (TPSA) is 67.4 Å². The fourth-order valence-corrected chi connectivity index (χ4v) is 3.28. The molecule has 0 bridgehead atoms. The van der Waals surface area contributed by atoms with E-state index in [-0.39, 0.29) is 18.2 Å². The Labute approximate surface area is 158 Å². The average Bonchev–Trinajstić information content (AvgIpc) is 2.60. The van der Waals surface area contributed by atoms with Gasteiger partial charge in [0.25, 0.3) is 5.91 Å². The number of nitrogens with one attached hydrogen (secondary N) is 2. The molecule has 1 aliphatic rings. The summed E-state index contributed by atoms with van der Waals surface area (Å²) in [5.41, 5.74) is 0.582. The van der Waals surface area contributed by atoms with Crippen LogP contribution in [0.3, 0.4) is 0 Å². The van der Waals surface area contributed by atoms with Crippen molar-refractivity contribution in [3.63, 3.8) is 0 Å². The summed E-state index contributed by atoms with van der Waals surface area (Å²) < 4.78 is 6.79. The van der Waals surface area contributed by atoms with E-state index >= 15 is 0 Å². The van der Waals surface area contributed by atoms with Gasteiger partial charge in [0.05, 0.1) is 12.7 Å². The van der Waals surface area contributed by atoms with E-state index in [0.717, 1.165) is 10.9 Å². The Bertz CT molecular complexity index is 562. The van der Waals surface area contributed by atoms with Crippen molar-refractivity contribution in [2.75, 3.05) is 19.7 Å². The number of rotatable bonds is 8. The molecule has 6 heteroatoms. The molecule has 2 N–H and O–H groups in total. The summed E-state index contributed by atoms with van der Waals surface area (Å²) in [6, 6.07) is 7.11. The average molecular weight is 411 g/mol. The molecule has 25 heavy (non-hydrogen) atoms. The normalized spacial score (nSPS) is 20.1. The van der Waals surface area contributed by atoms with Gasteiger partial charge in [0.15, 0.2) is 0 Å². The molecule has 0 radical (unpaired) electrons. The third kappa shape index (κ3) is 7.16. The Morgan fingerprint density at radius 3 is 2.56 bits per heavy atom. The van der Waals surface area contributed by atoms with Gasteiger partial charge in [-0.25, -0.2) is 0 Å². The lowest BCUT2D eigenvalue weighted by Gasteiger charge is -2.28. The van der Waals surface area contributed by atoms with Gasteiger partial charge in [-0.3, -0.25) is 9.59 Å². The van der Waals surface area contributed by atoms with Crippen LogP contribution in [0.5, 0.6) is 0 Å². The number of halogens is 1. The highest BCUT2D eigenvalue weighted by Crippen LogP contribution is 2.25. The minimum Gasteiger partial charge on any atom is -0.376 e. The third-order valence-electron chi connectivity index (χ3n) is 4.53. The molecule has 1 fully saturated rings. The number of hydrogen-bond acceptors (Lipinski definition) is 3. The first-order valence-electron chi connectivity index (χ1n) is 8.98. The summed E-state index contributed by atoms with van der Waals surface area (Å²) in [6.45, 7) is 3.62. The van der Waals surface area contributed by atoms with Gasteiger partial charge in [-0.1, -0.05) is 35.7 Å². The summed E-state index contributed by atoms with van der Waals surface area (Å²) in [5.74, 6) is 0.365. The summed E-state index contributed by atoms with van der Waals surface area (Å²) in [4.78, 5) is 23.7. The van der Waals surface area contributed by atoms with E-state index in [9.17, 15) is 9.59 Å². The van der Waals surface area contributed by atoms with Crippen molar-refractivity contribution in [1.29, 1.82) is 0 Å². The van der Waals surface area contributed by atoms with Gasteiger partial charge < -0.3 is 15.4 Å². The van der Waals surface area contributed by atoms with Crippen LogP contribution in [0.4, 0.5) is 0 Å². The molecule has 2 atom stereocenters. The standard InChI is InChI=1S/C19H27BrN2O3/c1-14-4-2-3-5-17(14)25-13-12-21-18(23)10-11-22-19(24)15-6-8-16(20)9-7-15/h6-9,14,17H,2-5,10-13H2,1H3,(H,21,23)(H,22,24). The summed E-state index contributed by atoms with van der Waals surface area (Å²) >= 11 is 3.33. The van der Waals surface area contributed by atoms with Crippen LogP contribution in [0, 0.1) is 5.92 Å². The first kappa shape index (κ1) is 19.9. The molecule has 0 heterocycles. The van der Waals surface area contributed by atoms with Gasteiger partial charge in [0.2, 0.25) is 5.91 Å². The van der Waals surface area contributed by atoms with Crippen molar-refractivity contribution in [1.82, 2.24) is 10.6 Å². The van der Waals surface area contributed by atoms with Crippen LogP contribution in [0.1, 0.15) is 49.4 Å². The second-order valence-electron chi connectivity index (χ2n) is 6.53. The first-order valence-corrected chi connectivity index (χ1v) is 9.77. The molecule has 0 aliphatic heterocycles. The quantitative estimate of drug-likeness (QED) is 0.646. The van der Waals surface area contributed by atoms with E-state index in [1.54, 1.807) is 12.1 Å². The smallest absolute Gasteiger partial charge is 0.251 e. The van der Waals surface area contributed by atoms with Crippen LogP contribution in [-0.4, -0.2) is 37.6 Å². The highest BCUT2D eigenvalue weighted by molar-refractivity contribution is 9.10. The summed E-state index contributed by atoms with van der Waals surface area (Å²) in [5, 5.41) is 5.59. The second-order valence-corrected chi connectivity index (χ2v) is 7.45. The number of ether oxygens (including phenoxy) is 1. The molecular formula is C19H27BrN2O3. The van der Waals surface area contributed by atoms with Crippen LogP contribution in [0.25, 0.3) is 0 Å². The molecule has 1 saturated carbocycles. The molecule has 1 aromatic rings. The molecule has 2 amide bonds. The number of hydrogen-bond donors (Lipinski definition) is 2. The van der Waals surface area contributed by atoms with Gasteiger partial charge in [0, 0.05) is 29.5 Å². The Balaban J connectivity index is 1.55. The maximum absolute atomic E-state index is 11.9. The van der Waals surface area contributed by atoms with Crippen molar-refractivity contribution in [2.45, 2.75) is 45.1 Å². The van der Waals surface area contributed by atoms with Crippen LogP contribution in [0.2, 0.25) is 0 Å². The largest absolute Gasteiger partial charge is 0.376 e. The minimum atomic E-state index is -0.171. The van der Waals surface area contributed by atoms with Gasteiger partial charge in [0.1, 0.15) is 0 Å². The molecule has 0 spiro atoms. The maximum atomic E-state index is 11.9. The lowest BCUT2D eigenvalue weighted by molar-refractivity contribution is -0.121. The lowest BCUT2D eigenvalue weighted by Crippen LogP contribution is -2.34. The molecule has 0 aromatic heterocycles. The van der Waals surface area contributed by atoms with Crippen LogP contribution in [-0.2, 0) is 9.53 Å². The molecule has 0 saturated heterocycles. The molecular weight excluding hydrogens is 384 g/mol. The zero-order valence-corrected chi connectivity index (χ0v) is 16.3. The molecule has 2 rings (SSSR count). The fraction of sp³-hybridized carbons (Fsp3) is 0.579. The van der Waals surface area contributed by atoms with E-state index in [1.807, 2.05) is 12.1 Å². The lowest BCUT2D eigenvalue weighted by atomic mass is 9.88. The Hall–Kier alpha value is -1.40. The molecule has 1 aliphatic carbocycles. The zero-order valence-electron chi connectivity index (χ0n) is 14.7. The van der Waals surface area contributed by atoms with Gasteiger partial charge in [-0.2, -0.15) is 0 Å². The monoisotopic (exact) mass is 410 g/mol. The summed E-state index contributed by atoms with van der Waals surface area (Å²) in [6.07, 6.45) is 5.48. The Morgan fingerprint density at radius 1 is 1.12 bits per heavy atom. The van der Waals surface area contributed by atoms with E-state index in [1.165, 1.54) is 19.3 Å². The number of carbonyl (C=O) groups is 2. The number of benzene rings is 1. The van der Waals surface area contributed by atoms with Crippen molar-refractivity contribution < 1.29 is 14.3 Å². The van der Waals surface area contributed by atoms with E-state index < -0.39 is 0 Å². The van der Waals surface area contributed by atoms with E-state index in [0.29, 0.717) is 37.3 Å². The second kappa shape index (κ2) is 10.6. The van der Waals surface area contributed by atoms with Gasteiger partial charge >= 0.3 is 0 Å². The van der Waals surface area contributed by atoms with Crippen LogP contribution < -0.4 is 10.6 Å². The molecule has 5 nitrogen and oxygen atoms in total. The predicted octanol–water partition coefficient (Wildman–Crippen LogP) is 3.28. The van der Waals surface area contributed by atoms with Gasteiger partial charge in [-0.15, -0.1) is 0 Å². The number of carbonyl (C=O) groups excluding carboxylic acids is 2. The fourth-order valence-electron chi connectivity index (χ4n) is 3.01. The molecule has 1 aromatic carbocycles. The zero-order chi connectivity index (χ0) is 18.1. The maximum Gasteiger partial charge on any atom is 0.251 e. The predicted molar refractivity (Wildman–Crippen MR) is 101 cm³/mol. The number of amides is 2.